The number of nitrogen functional groups attached to an aromatic ring is 1. The first-order valence-corrected chi connectivity index (χ1v) is 7.09. The zero-order chi connectivity index (χ0) is 12.3. The Hall–Kier alpha value is -0.540. The number of halogens is 1. The smallest absolute Gasteiger partial charge is 0.0509 e. The molecule has 16 heavy (non-hydrogen) atoms. The van der Waals surface area contributed by atoms with Crippen molar-refractivity contribution in [2.75, 3.05) is 5.73 Å². The van der Waals surface area contributed by atoms with Crippen LogP contribution in [0.3, 0.4) is 0 Å². The summed E-state index contributed by atoms with van der Waals surface area (Å²) in [5, 5.41) is 0.803. The summed E-state index contributed by atoms with van der Waals surface area (Å²) in [6, 6.07) is 5.30. The second-order valence-corrected chi connectivity index (χ2v) is 6.55. The zero-order valence-corrected chi connectivity index (χ0v) is 11.4. The molecule has 0 amide bonds. The van der Waals surface area contributed by atoms with Crippen molar-refractivity contribution < 1.29 is 4.21 Å². The molecule has 0 bridgehead atoms. The SMILES string of the molecule is CC(C)C(C)S(=O)Cc1cc(Cl)ccc1N. The molecular formula is C12H18ClNOS. The minimum atomic E-state index is -0.903. The van der Waals surface area contributed by atoms with Crippen LogP contribution in [-0.2, 0) is 16.6 Å². The van der Waals surface area contributed by atoms with E-state index >= 15 is 0 Å². The van der Waals surface area contributed by atoms with Crippen molar-refractivity contribution in [2.45, 2.75) is 31.8 Å². The first-order valence-electron chi connectivity index (χ1n) is 5.33. The van der Waals surface area contributed by atoms with Crippen LogP contribution < -0.4 is 5.73 Å². The van der Waals surface area contributed by atoms with Crippen LogP contribution in [0.5, 0.6) is 0 Å². The average molecular weight is 260 g/mol. The average Bonchev–Trinajstić information content (AvgIpc) is 2.22. The van der Waals surface area contributed by atoms with Crippen molar-refractivity contribution in [2.24, 2.45) is 5.92 Å². The van der Waals surface area contributed by atoms with Crippen LogP contribution in [0.2, 0.25) is 5.02 Å². The van der Waals surface area contributed by atoms with Gasteiger partial charge in [-0.05, 0) is 29.7 Å². The number of hydrogen-bond donors (Lipinski definition) is 1. The molecule has 90 valence electrons. The summed E-state index contributed by atoms with van der Waals surface area (Å²) in [6.07, 6.45) is 0. The molecule has 1 aromatic rings. The number of hydrogen-bond acceptors (Lipinski definition) is 2. The maximum Gasteiger partial charge on any atom is 0.0509 e. The lowest BCUT2D eigenvalue weighted by Crippen LogP contribution is -2.19. The van der Waals surface area contributed by atoms with Gasteiger partial charge in [-0.1, -0.05) is 32.4 Å². The molecule has 0 saturated heterocycles. The van der Waals surface area contributed by atoms with Gasteiger partial charge in [0.15, 0.2) is 0 Å². The van der Waals surface area contributed by atoms with Crippen molar-refractivity contribution in [3.05, 3.63) is 28.8 Å². The number of nitrogens with two attached hydrogens (primary N) is 1. The second-order valence-electron chi connectivity index (χ2n) is 4.32. The van der Waals surface area contributed by atoms with Gasteiger partial charge in [0.1, 0.15) is 0 Å². The van der Waals surface area contributed by atoms with Gasteiger partial charge in [-0.25, -0.2) is 0 Å². The molecule has 2 atom stereocenters. The van der Waals surface area contributed by atoms with E-state index in [1.807, 2.05) is 6.92 Å². The summed E-state index contributed by atoms with van der Waals surface area (Å²) in [5.74, 6) is 0.882. The first kappa shape index (κ1) is 13.5. The van der Waals surface area contributed by atoms with Crippen LogP contribution in [0.25, 0.3) is 0 Å². The fraction of sp³-hybridized carbons (Fsp3) is 0.500. The van der Waals surface area contributed by atoms with Crippen LogP contribution in [0.1, 0.15) is 26.3 Å². The van der Waals surface area contributed by atoms with Gasteiger partial charge in [-0.15, -0.1) is 0 Å². The maximum absolute atomic E-state index is 12.0. The van der Waals surface area contributed by atoms with E-state index in [1.165, 1.54) is 0 Å². The lowest BCUT2D eigenvalue weighted by molar-refractivity contribution is 0.605. The normalized spacial score (nSPS) is 15.1. The molecule has 2 unspecified atom stereocenters. The van der Waals surface area contributed by atoms with Crippen molar-refractivity contribution in [1.29, 1.82) is 0 Å². The Labute approximate surface area is 105 Å². The van der Waals surface area contributed by atoms with Gasteiger partial charge in [-0.3, -0.25) is 4.21 Å². The second kappa shape index (κ2) is 5.69. The van der Waals surface area contributed by atoms with Crippen LogP contribution in [-0.4, -0.2) is 9.46 Å². The standard InChI is InChI=1S/C12H18ClNOS/c1-8(2)9(3)16(15)7-10-6-11(13)4-5-12(10)14/h4-6,8-9H,7,14H2,1-3H3. The molecule has 2 N–H and O–H groups in total. The monoisotopic (exact) mass is 259 g/mol. The molecule has 1 aromatic carbocycles. The Morgan fingerprint density at radius 3 is 2.56 bits per heavy atom. The highest BCUT2D eigenvalue weighted by Gasteiger charge is 2.16. The van der Waals surface area contributed by atoms with E-state index in [9.17, 15) is 4.21 Å². The Balaban J connectivity index is 2.80. The molecule has 0 spiro atoms. The quantitative estimate of drug-likeness (QED) is 0.844. The molecule has 0 fully saturated rings. The van der Waals surface area contributed by atoms with E-state index in [-0.39, 0.29) is 5.25 Å². The first-order chi connectivity index (χ1) is 7.41. The topological polar surface area (TPSA) is 43.1 Å². The van der Waals surface area contributed by atoms with E-state index in [2.05, 4.69) is 13.8 Å². The molecule has 0 aliphatic carbocycles. The van der Waals surface area contributed by atoms with Crippen LogP contribution in [0, 0.1) is 5.92 Å². The lowest BCUT2D eigenvalue weighted by Gasteiger charge is -2.15. The molecule has 2 nitrogen and oxygen atoms in total. The number of rotatable bonds is 4. The molecule has 0 aromatic heterocycles. The molecule has 0 radical (unpaired) electrons. The fourth-order valence-electron chi connectivity index (χ4n) is 1.29. The van der Waals surface area contributed by atoms with Crippen molar-refractivity contribution >= 4 is 28.1 Å². The molecule has 0 aliphatic heterocycles. The van der Waals surface area contributed by atoms with E-state index in [4.69, 9.17) is 17.3 Å². The Morgan fingerprint density at radius 2 is 2.00 bits per heavy atom. The van der Waals surface area contributed by atoms with E-state index in [0.29, 0.717) is 22.4 Å². The van der Waals surface area contributed by atoms with Crippen molar-refractivity contribution in [3.63, 3.8) is 0 Å². The van der Waals surface area contributed by atoms with Gasteiger partial charge in [0.2, 0.25) is 0 Å². The summed E-state index contributed by atoms with van der Waals surface area (Å²) < 4.78 is 12.0. The highest BCUT2D eigenvalue weighted by atomic mass is 35.5. The lowest BCUT2D eigenvalue weighted by atomic mass is 10.2. The van der Waals surface area contributed by atoms with Gasteiger partial charge in [0.25, 0.3) is 0 Å². The molecule has 0 saturated carbocycles. The predicted molar refractivity (Wildman–Crippen MR) is 72.0 cm³/mol. The maximum atomic E-state index is 12.0. The van der Waals surface area contributed by atoms with E-state index < -0.39 is 10.8 Å². The molecule has 0 heterocycles. The fourth-order valence-corrected chi connectivity index (χ4v) is 2.91. The van der Waals surface area contributed by atoms with Gasteiger partial charge in [0, 0.05) is 26.8 Å². The highest BCUT2D eigenvalue weighted by Crippen LogP contribution is 2.21. The summed E-state index contributed by atoms with van der Waals surface area (Å²) >= 11 is 5.89. The van der Waals surface area contributed by atoms with E-state index in [0.717, 1.165) is 5.56 Å². The number of anilines is 1. The summed E-state index contributed by atoms with van der Waals surface area (Å²) in [7, 11) is -0.903. The molecule has 1 rings (SSSR count). The third-order valence-corrected chi connectivity index (χ3v) is 4.96. The van der Waals surface area contributed by atoms with Gasteiger partial charge in [0.05, 0.1) is 5.75 Å². The Kier molecular flexibility index (Phi) is 4.81. The summed E-state index contributed by atoms with van der Waals surface area (Å²) in [5.41, 5.74) is 7.36. The van der Waals surface area contributed by atoms with Crippen molar-refractivity contribution in [1.82, 2.24) is 0 Å². The predicted octanol–water partition coefficient (Wildman–Crippen LogP) is 3.22. The van der Waals surface area contributed by atoms with Crippen molar-refractivity contribution in [3.8, 4) is 0 Å². The van der Waals surface area contributed by atoms with Crippen LogP contribution >= 0.6 is 11.6 Å². The minimum Gasteiger partial charge on any atom is -0.398 e. The van der Waals surface area contributed by atoms with Crippen LogP contribution in [0.4, 0.5) is 5.69 Å². The summed E-state index contributed by atoms with van der Waals surface area (Å²) in [4.78, 5) is 0. The Bertz CT molecular complexity index is 393. The largest absolute Gasteiger partial charge is 0.398 e. The highest BCUT2D eigenvalue weighted by molar-refractivity contribution is 7.84. The van der Waals surface area contributed by atoms with E-state index in [1.54, 1.807) is 18.2 Å². The molecule has 0 aliphatic rings. The zero-order valence-electron chi connectivity index (χ0n) is 9.87. The van der Waals surface area contributed by atoms with Gasteiger partial charge in [-0.2, -0.15) is 0 Å². The third-order valence-electron chi connectivity index (χ3n) is 2.76. The minimum absolute atomic E-state index is 0.165. The summed E-state index contributed by atoms with van der Waals surface area (Å²) in [6.45, 7) is 6.15. The van der Waals surface area contributed by atoms with Crippen LogP contribution in [0.15, 0.2) is 18.2 Å². The number of benzene rings is 1. The third kappa shape index (κ3) is 3.49. The van der Waals surface area contributed by atoms with Gasteiger partial charge >= 0.3 is 0 Å². The van der Waals surface area contributed by atoms with Gasteiger partial charge < -0.3 is 5.73 Å². The molecule has 4 heteroatoms. The Morgan fingerprint density at radius 1 is 1.38 bits per heavy atom. The molecular weight excluding hydrogens is 242 g/mol.